The van der Waals surface area contributed by atoms with E-state index in [0.29, 0.717) is 25.2 Å². The molecule has 2 N–H and O–H groups in total. The van der Waals surface area contributed by atoms with E-state index in [0.717, 1.165) is 9.37 Å². The van der Waals surface area contributed by atoms with E-state index in [9.17, 15) is 9.59 Å². The molecule has 22 heavy (non-hydrogen) atoms. The van der Waals surface area contributed by atoms with Crippen LogP contribution in [-0.2, 0) is 14.3 Å². The topological polar surface area (TPSA) is 75.6 Å². The lowest BCUT2D eigenvalue weighted by Gasteiger charge is -2.27. The fourth-order valence-corrected chi connectivity index (χ4v) is 3.87. The summed E-state index contributed by atoms with van der Waals surface area (Å²) in [6.07, 6.45) is 0.784. The lowest BCUT2D eigenvalue weighted by molar-refractivity contribution is -0.139. The summed E-state index contributed by atoms with van der Waals surface area (Å²) in [5.41, 5.74) is -0.749. The van der Waals surface area contributed by atoms with E-state index >= 15 is 0 Å². The Morgan fingerprint density at radius 1 is 1.41 bits per heavy atom. The van der Waals surface area contributed by atoms with Crippen molar-refractivity contribution in [1.29, 1.82) is 0 Å². The Bertz CT molecular complexity index is 546. The highest BCUT2D eigenvalue weighted by Gasteiger charge is 2.38. The highest BCUT2D eigenvalue weighted by atomic mass is 79.9. The third kappa shape index (κ3) is 5.00. The molecule has 0 radical (unpaired) electrons. The second-order valence-electron chi connectivity index (χ2n) is 5.23. The number of halogens is 1. The number of carbonyl (C=O) groups is 2. The molecule has 1 aromatic rings. The summed E-state index contributed by atoms with van der Waals surface area (Å²) in [6, 6.07) is 7.84. The summed E-state index contributed by atoms with van der Waals surface area (Å²) in [7, 11) is 0. The van der Waals surface area contributed by atoms with Crippen LogP contribution in [0.3, 0.4) is 0 Å². The Balaban J connectivity index is 1.82. The first-order chi connectivity index (χ1) is 10.5. The van der Waals surface area contributed by atoms with E-state index in [1.165, 1.54) is 0 Å². The van der Waals surface area contributed by atoms with Crippen LogP contribution in [0.1, 0.15) is 19.3 Å². The highest BCUT2D eigenvalue weighted by molar-refractivity contribution is 9.10. The van der Waals surface area contributed by atoms with Crippen molar-refractivity contribution in [1.82, 2.24) is 5.32 Å². The van der Waals surface area contributed by atoms with Crippen molar-refractivity contribution in [3.63, 3.8) is 0 Å². The molecule has 1 saturated heterocycles. The van der Waals surface area contributed by atoms with E-state index in [1.54, 1.807) is 11.8 Å². The number of rotatable bonds is 7. The summed E-state index contributed by atoms with van der Waals surface area (Å²) < 4.78 is 6.27. The number of carboxylic acids is 1. The summed E-state index contributed by atoms with van der Waals surface area (Å²) >= 11 is 5.06. The minimum absolute atomic E-state index is 0.101. The van der Waals surface area contributed by atoms with Crippen LogP contribution in [-0.4, -0.2) is 41.5 Å². The number of ether oxygens (including phenoxy) is 1. The van der Waals surface area contributed by atoms with Crippen LogP contribution in [0.15, 0.2) is 33.6 Å². The van der Waals surface area contributed by atoms with Gasteiger partial charge in [0.05, 0.1) is 18.6 Å². The lowest BCUT2D eigenvalue weighted by atomic mass is 9.94. The Hall–Kier alpha value is -1.05. The van der Waals surface area contributed by atoms with Gasteiger partial charge in [-0.3, -0.25) is 9.59 Å². The molecular weight excluding hydrogens is 370 g/mol. The number of carboxylic acid groups (broad SMARTS) is 1. The zero-order valence-electron chi connectivity index (χ0n) is 12.0. The number of thioether (sulfide) groups is 1. The number of benzene rings is 1. The molecule has 7 heteroatoms. The Kier molecular flexibility index (Phi) is 6.28. The van der Waals surface area contributed by atoms with Gasteiger partial charge < -0.3 is 15.2 Å². The van der Waals surface area contributed by atoms with E-state index in [2.05, 4.69) is 21.2 Å². The third-order valence-corrected chi connectivity index (χ3v) is 5.45. The number of aliphatic carboxylic acids is 1. The van der Waals surface area contributed by atoms with Crippen molar-refractivity contribution in [3.05, 3.63) is 28.7 Å². The number of hydrogen-bond donors (Lipinski definition) is 2. The van der Waals surface area contributed by atoms with Gasteiger partial charge in [-0.15, -0.1) is 11.8 Å². The number of carbonyl (C=O) groups excluding carboxylic acids is 1. The molecule has 1 unspecified atom stereocenters. The molecule has 120 valence electrons. The molecule has 1 aliphatic heterocycles. The Morgan fingerprint density at radius 3 is 2.82 bits per heavy atom. The number of nitrogens with one attached hydrogen (secondary N) is 1. The van der Waals surface area contributed by atoms with Gasteiger partial charge in [0.15, 0.2) is 0 Å². The lowest BCUT2D eigenvalue weighted by Crippen LogP contribution is -2.50. The average molecular weight is 388 g/mol. The molecule has 5 nitrogen and oxygen atoms in total. The average Bonchev–Trinajstić information content (AvgIpc) is 2.88. The maximum Gasteiger partial charge on any atom is 0.305 e. The molecule has 0 aliphatic carbocycles. The highest BCUT2D eigenvalue weighted by Crippen LogP contribution is 2.28. The first-order valence-corrected chi connectivity index (χ1v) is 8.76. The van der Waals surface area contributed by atoms with E-state index in [-0.39, 0.29) is 18.9 Å². The maximum atomic E-state index is 12.1. The van der Waals surface area contributed by atoms with Crippen LogP contribution in [0.25, 0.3) is 0 Å². The first kappa shape index (κ1) is 17.3. The SMILES string of the molecule is O=C(O)CC1(NC(=O)CCSc2ccccc2Br)CCOC1. The fourth-order valence-electron chi connectivity index (χ4n) is 2.35. The Morgan fingerprint density at radius 2 is 2.18 bits per heavy atom. The van der Waals surface area contributed by atoms with Crippen molar-refractivity contribution >= 4 is 39.6 Å². The molecule has 0 bridgehead atoms. The standard InChI is InChI=1S/C15H18BrNO4S/c16-11-3-1-2-4-12(11)22-8-5-13(18)17-15(9-14(19)20)6-7-21-10-15/h1-4H,5-10H2,(H,17,18)(H,19,20). The van der Waals surface area contributed by atoms with Gasteiger partial charge in [-0.2, -0.15) is 0 Å². The Labute approximate surface area is 141 Å². The van der Waals surface area contributed by atoms with Gasteiger partial charge in [0.2, 0.25) is 5.91 Å². The van der Waals surface area contributed by atoms with Gasteiger partial charge in [0.25, 0.3) is 0 Å². The molecule has 1 heterocycles. The number of amides is 1. The minimum Gasteiger partial charge on any atom is -0.481 e. The van der Waals surface area contributed by atoms with Crippen LogP contribution in [0.5, 0.6) is 0 Å². The van der Waals surface area contributed by atoms with Crippen molar-refractivity contribution < 1.29 is 19.4 Å². The molecule has 1 fully saturated rings. The largest absolute Gasteiger partial charge is 0.481 e. The van der Waals surface area contributed by atoms with Crippen molar-refractivity contribution in [2.75, 3.05) is 19.0 Å². The molecule has 1 aliphatic rings. The monoisotopic (exact) mass is 387 g/mol. The van der Waals surface area contributed by atoms with E-state index in [4.69, 9.17) is 9.84 Å². The van der Waals surface area contributed by atoms with E-state index < -0.39 is 11.5 Å². The molecule has 0 aromatic heterocycles. The third-order valence-electron chi connectivity index (χ3n) is 3.42. The van der Waals surface area contributed by atoms with Crippen molar-refractivity contribution in [3.8, 4) is 0 Å². The van der Waals surface area contributed by atoms with Gasteiger partial charge in [-0.25, -0.2) is 0 Å². The van der Waals surface area contributed by atoms with Crippen molar-refractivity contribution in [2.45, 2.75) is 29.7 Å². The van der Waals surface area contributed by atoms with Gasteiger partial charge in [-0.1, -0.05) is 12.1 Å². The molecular formula is C15H18BrNO4S. The summed E-state index contributed by atoms with van der Waals surface area (Å²) in [6.45, 7) is 0.752. The smallest absolute Gasteiger partial charge is 0.305 e. The quantitative estimate of drug-likeness (QED) is 0.703. The summed E-state index contributed by atoms with van der Waals surface area (Å²) in [5, 5.41) is 11.8. The fraction of sp³-hybridized carbons (Fsp3) is 0.467. The minimum atomic E-state index is -0.923. The molecule has 0 spiro atoms. The second kappa shape index (κ2) is 7.99. The molecule has 0 saturated carbocycles. The van der Waals surface area contributed by atoms with Crippen molar-refractivity contribution in [2.24, 2.45) is 0 Å². The normalized spacial score (nSPS) is 20.8. The van der Waals surface area contributed by atoms with E-state index in [1.807, 2.05) is 24.3 Å². The van der Waals surface area contributed by atoms with Gasteiger partial charge in [0, 0.05) is 28.1 Å². The summed E-state index contributed by atoms with van der Waals surface area (Å²) in [5.74, 6) is -0.418. The second-order valence-corrected chi connectivity index (χ2v) is 7.22. The van der Waals surface area contributed by atoms with Crippen LogP contribution in [0, 0.1) is 0 Å². The zero-order valence-corrected chi connectivity index (χ0v) is 14.4. The molecule has 1 atom stereocenters. The van der Waals surface area contributed by atoms with Crippen LogP contribution >= 0.6 is 27.7 Å². The molecule has 1 aromatic carbocycles. The molecule has 1 amide bonds. The summed E-state index contributed by atoms with van der Waals surface area (Å²) in [4.78, 5) is 24.1. The van der Waals surface area contributed by atoms with Gasteiger partial charge in [-0.05, 0) is 34.5 Å². The first-order valence-electron chi connectivity index (χ1n) is 6.99. The number of hydrogen-bond acceptors (Lipinski definition) is 4. The zero-order chi connectivity index (χ0) is 16.0. The van der Waals surface area contributed by atoms with Crippen LogP contribution in [0.2, 0.25) is 0 Å². The van der Waals surface area contributed by atoms with Gasteiger partial charge in [0.1, 0.15) is 0 Å². The predicted molar refractivity (Wildman–Crippen MR) is 88.0 cm³/mol. The molecule has 2 rings (SSSR count). The van der Waals surface area contributed by atoms with Gasteiger partial charge >= 0.3 is 5.97 Å². The predicted octanol–water partition coefficient (Wildman–Crippen LogP) is 2.68. The van der Waals surface area contributed by atoms with Crippen LogP contribution < -0.4 is 5.32 Å². The van der Waals surface area contributed by atoms with Crippen LogP contribution in [0.4, 0.5) is 0 Å². The maximum absolute atomic E-state index is 12.1.